The molecule has 5 saturated carbocycles. The van der Waals surface area contributed by atoms with E-state index in [4.69, 9.17) is 24.7 Å². The number of Topliss-reactive ketones (excluding diaryl/α,β-unsaturated/α-hetero) is 1. The number of piperidine rings is 4. The molecule has 0 aromatic heterocycles. The summed E-state index contributed by atoms with van der Waals surface area (Å²) in [5.41, 5.74) is 3.86. The summed E-state index contributed by atoms with van der Waals surface area (Å²) in [5, 5.41) is 29.0. The predicted octanol–water partition coefficient (Wildman–Crippen LogP) is 5.98. The number of likely N-dealkylation sites (N-methyl/N-ethyl adjacent to an activating group) is 1. The van der Waals surface area contributed by atoms with Crippen molar-refractivity contribution in [3.8, 4) is 5.75 Å². The molecule has 5 aliphatic carbocycles. The second-order valence-electron chi connectivity index (χ2n) is 38.1. The maximum atomic E-state index is 13.7. The van der Waals surface area contributed by atoms with Gasteiger partial charge in [-0.05, 0) is 97.4 Å². The van der Waals surface area contributed by atoms with Crippen LogP contribution >= 0.6 is 12.4 Å². The van der Waals surface area contributed by atoms with Crippen molar-refractivity contribution in [2.75, 3.05) is 68.7 Å². The topological polar surface area (TPSA) is 425 Å². The third-order valence-corrected chi connectivity index (χ3v) is 25.5. The molecule has 112 heavy (non-hydrogen) atoms. The number of benzene rings is 1. The Labute approximate surface area is 665 Å². The van der Waals surface area contributed by atoms with Crippen LogP contribution in [0.4, 0.5) is 20.1 Å². The van der Waals surface area contributed by atoms with E-state index in [2.05, 4.69) is 92.6 Å². The molecule has 10 rings (SSSR count). The van der Waals surface area contributed by atoms with Crippen LogP contribution in [0.1, 0.15) is 164 Å². The summed E-state index contributed by atoms with van der Waals surface area (Å²) in [5.74, 6) is -2.33. The van der Waals surface area contributed by atoms with Crippen LogP contribution in [-0.4, -0.2) is 225 Å². The zero-order valence-corrected chi connectivity index (χ0v) is 71.2. The Bertz CT molecular complexity index is 3760. The molecule has 1 unspecified atom stereocenters. The van der Waals surface area contributed by atoms with Crippen molar-refractivity contribution in [2.45, 2.75) is 219 Å². The lowest BCUT2D eigenvalue weighted by Gasteiger charge is -2.38. The van der Waals surface area contributed by atoms with Crippen molar-refractivity contribution in [1.82, 2.24) is 56.8 Å². The van der Waals surface area contributed by atoms with E-state index in [9.17, 15) is 72.4 Å². The Kier molecular flexibility index (Phi) is 28.0. The number of non-ortho nitro benzene ring substituents is 1. The molecule has 9 aliphatic rings. The molecule has 1 aromatic rings. The summed E-state index contributed by atoms with van der Waals surface area (Å²) in [4.78, 5) is 181. The number of nitrogens with one attached hydrogen (secondary N) is 7. The first kappa shape index (κ1) is 92.4. The number of hydrogen-bond acceptors (Lipinski definition) is 20. The fraction of sp³-hybridized carbons (Fsp3) is 0.759. The number of ether oxygens (including phenoxy) is 4. The first-order chi connectivity index (χ1) is 51.0. The Hall–Kier alpha value is -8.42. The summed E-state index contributed by atoms with van der Waals surface area (Å²) in [6, 6.07) is -2.38. The number of urea groups is 2. The molecule has 33 heteroatoms. The zero-order chi connectivity index (χ0) is 84.2. The molecule has 9 fully saturated rings. The van der Waals surface area contributed by atoms with Crippen molar-refractivity contribution in [1.29, 1.82) is 0 Å². The number of ketones is 1. The Balaban J connectivity index is 0.000000237. The first-order valence-corrected chi connectivity index (χ1v) is 38.5. The maximum Gasteiger partial charge on any atom is 0.413 e. The largest absolute Gasteiger partial charge is 0.467 e. The van der Waals surface area contributed by atoms with Gasteiger partial charge in [-0.25, -0.2) is 28.8 Å². The van der Waals surface area contributed by atoms with E-state index in [0.717, 1.165) is 19.3 Å². The predicted molar refractivity (Wildman–Crippen MR) is 416 cm³/mol. The molecule has 4 heterocycles. The number of nitrogens with zero attached hydrogens (tertiary/aromatic N) is 5. The van der Waals surface area contributed by atoms with Gasteiger partial charge in [-0.3, -0.25) is 43.7 Å². The SMILES string of the molecule is CNC(=O)N[C@H](C(=O)N1C[C@H]2[C@@H]([C@H]1C(=O)NC(CC1CCC1)C(=O)C(=O)NC)C2(C)C)C(C)(C)C.CNC(=O)N[C@H](C(=O)N1C[C@H]2[C@@H]([C@H]1C(=O)OC)C2(C)C)C(C)(C)C.COC(=O)[C@@H]1[C@@H]2[C@H](CN1C(=O)[C@@H](N)C(C)(C)C)C2(C)C.COC(=O)[C@@H]1[C@@H]2[C@H](CN1C(=O)[C@@H](NC(=O)Oc1ccc([N+](=O)[O-])cc1)C(C)(C)C)C2(C)C.Cl. The summed E-state index contributed by atoms with van der Waals surface area (Å²) in [6.45, 7) is 41.2. The second kappa shape index (κ2) is 33.9. The number of nitrogens with two attached hydrogens (primary N) is 1. The number of esters is 3. The number of rotatable bonds is 18. The first-order valence-electron chi connectivity index (χ1n) is 38.5. The minimum absolute atomic E-state index is 0. The van der Waals surface area contributed by atoms with Crippen molar-refractivity contribution < 1.29 is 86.2 Å². The van der Waals surface area contributed by atoms with E-state index in [1.807, 2.05) is 62.3 Å². The van der Waals surface area contributed by atoms with E-state index < -0.39 is 117 Å². The number of likely N-dealkylation sites (tertiary alicyclic amines) is 4. The van der Waals surface area contributed by atoms with Gasteiger partial charge in [0.25, 0.3) is 11.6 Å². The Morgan fingerprint density at radius 1 is 0.491 bits per heavy atom. The average molecular weight is 1600 g/mol. The highest BCUT2D eigenvalue weighted by Gasteiger charge is 2.74. The van der Waals surface area contributed by atoms with Crippen LogP contribution < -0.4 is 47.7 Å². The molecular formula is C79H126ClN13O19. The van der Waals surface area contributed by atoms with Gasteiger partial charge in [-0.2, -0.15) is 0 Å². The van der Waals surface area contributed by atoms with Crippen molar-refractivity contribution in [3.63, 3.8) is 0 Å². The number of hydrogen-bond donors (Lipinski definition) is 8. The molecule has 628 valence electrons. The third kappa shape index (κ3) is 19.2. The highest BCUT2D eigenvalue weighted by Crippen LogP contribution is 2.68. The summed E-state index contributed by atoms with van der Waals surface area (Å²) in [6.07, 6.45) is 2.56. The number of carbonyl (C=O) groups excluding carboxylic acids is 13. The fourth-order valence-corrected chi connectivity index (χ4v) is 17.6. The lowest BCUT2D eigenvalue weighted by atomic mass is 9.80. The monoisotopic (exact) mass is 1600 g/mol. The van der Waals surface area contributed by atoms with E-state index in [-0.39, 0.29) is 122 Å². The molecule has 0 bridgehead atoms. The number of nitro groups is 1. The number of nitro benzene ring substituents is 1. The molecular weight excluding hydrogens is 1470 g/mol. The minimum atomic E-state index is -0.958. The van der Waals surface area contributed by atoms with Gasteiger partial charge in [0.05, 0.1) is 38.3 Å². The minimum Gasteiger partial charge on any atom is -0.467 e. The van der Waals surface area contributed by atoms with Gasteiger partial charge in [-0.1, -0.05) is 158 Å². The quantitative estimate of drug-likeness (QED) is 0.0275. The lowest BCUT2D eigenvalue weighted by Crippen LogP contribution is -2.61. The Morgan fingerprint density at radius 2 is 0.812 bits per heavy atom. The van der Waals surface area contributed by atoms with Crippen LogP contribution in [0, 0.1) is 107 Å². The van der Waals surface area contributed by atoms with Crippen LogP contribution in [0.25, 0.3) is 0 Å². The van der Waals surface area contributed by atoms with Gasteiger partial charge in [0, 0.05) is 77.2 Å². The van der Waals surface area contributed by atoms with Crippen LogP contribution in [-0.2, 0) is 62.2 Å². The summed E-state index contributed by atoms with van der Waals surface area (Å²) >= 11 is 0. The smallest absolute Gasteiger partial charge is 0.413 e. The lowest BCUT2D eigenvalue weighted by molar-refractivity contribution is -0.384. The van der Waals surface area contributed by atoms with Crippen LogP contribution in [0.15, 0.2) is 24.3 Å². The van der Waals surface area contributed by atoms with Gasteiger partial charge in [0.15, 0.2) is 0 Å². The fourth-order valence-electron chi connectivity index (χ4n) is 17.6. The summed E-state index contributed by atoms with van der Waals surface area (Å²) in [7, 11) is 8.40. The van der Waals surface area contributed by atoms with E-state index in [1.165, 1.54) is 71.6 Å². The number of methoxy groups -OCH3 is 3. The van der Waals surface area contributed by atoms with Crippen LogP contribution in [0.5, 0.6) is 5.75 Å². The molecule has 0 spiro atoms. The van der Waals surface area contributed by atoms with Gasteiger partial charge in [0.1, 0.15) is 48.0 Å². The van der Waals surface area contributed by atoms with E-state index >= 15 is 0 Å². The summed E-state index contributed by atoms with van der Waals surface area (Å²) < 4.78 is 20.0. The van der Waals surface area contributed by atoms with E-state index in [0.29, 0.717) is 50.4 Å². The third-order valence-electron chi connectivity index (χ3n) is 25.5. The van der Waals surface area contributed by atoms with Crippen molar-refractivity contribution in [2.24, 2.45) is 102 Å². The average Bonchev–Trinajstić information content (AvgIpc) is 1.55. The number of fused-ring (bicyclic) bond motifs is 4. The molecule has 1 aromatic carbocycles. The van der Waals surface area contributed by atoms with Gasteiger partial charge >= 0.3 is 36.1 Å². The van der Waals surface area contributed by atoms with Gasteiger partial charge in [-0.15, -0.1) is 12.4 Å². The molecule has 11 amide bonds. The number of carbonyl (C=O) groups is 13. The highest BCUT2D eigenvalue weighted by atomic mass is 35.5. The Morgan fingerprint density at radius 3 is 1.10 bits per heavy atom. The molecule has 32 nitrogen and oxygen atoms in total. The molecule has 17 atom stereocenters. The standard InChI is InChI=1S/C25H41N5O5.C22H29N3O7.C17H29N3O4.C15H26N2O3.ClH/c1-24(2,3)19(29-23(35)27-7)22(34)30-12-14-16(25(14,4)5)17(30)20(32)28-15(11-13-9-8-10-13)18(31)21(33)26-6;1-21(2,3)17(23-20(28)32-13-9-7-12(8-10-13)25(29)30)18(26)24-11-14-15(22(14,4)5)16(24)19(27)31-6;1-16(2,3)12(19-15(23)18-6)13(21)20-8-9-10(17(9,4)5)11(20)14(22)24-7;1-14(2,3)11(16)12(18)17-7-8-9(15(8,4)5)10(17)13(19)20-6;/h13-17,19H,8-12H2,1-7H3,(H,26,33)(H,28,32)(H2,27,29,35);7-10,14-17H,11H2,1-6H3,(H,23,28);9-12H,8H2,1-7H3,(H2,18,19,23);8-11H,7,16H2,1-6H3;1H/t14-,15?,16-,17-,19+;14-,15-,16-,17+;9-,10-,11-,12+;8-,9-,10-,11+;/m0000./s1. The number of halogens is 1. The maximum absolute atomic E-state index is 13.7. The van der Waals surface area contributed by atoms with E-state index in [1.54, 1.807) is 35.5 Å². The van der Waals surface area contributed by atoms with Gasteiger partial charge in [0.2, 0.25) is 35.3 Å². The van der Waals surface area contributed by atoms with Crippen molar-refractivity contribution >= 4 is 95.4 Å². The van der Waals surface area contributed by atoms with Crippen LogP contribution in [0.2, 0.25) is 0 Å². The normalized spacial score (nSPS) is 27.1. The molecule has 4 aliphatic heterocycles. The van der Waals surface area contributed by atoms with Gasteiger partial charge < -0.3 is 81.5 Å². The number of amides is 11. The van der Waals surface area contributed by atoms with Crippen molar-refractivity contribution in [3.05, 3.63) is 34.4 Å². The molecule has 9 N–H and O–H groups in total. The second-order valence-corrected chi connectivity index (χ2v) is 38.1. The highest BCUT2D eigenvalue weighted by molar-refractivity contribution is 6.38. The molecule has 4 saturated heterocycles. The molecule has 0 radical (unpaired) electrons. The van der Waals surface area contributed by atoms with Crippen LogP contribution in [0.3, 0.4) is 0 Å². The zero-order valence-electron chi connectivity index (χ0n) is 70.3.